The van der Waals surface area contributed by atoms with Crippen molar-refractivity contribution in [3.63, 3.8) is 0 Å². The number of nitrogens with one attached hydrogen (secondary N) is 2. The molecule has 16 heavy (non-hydrogen) atoms. The summed E-state index contributed by atoms with van der Waals surface area (Å²) in [6.07, 6.45) is 5.06. The van der Waals surface area contributed by atoms with E-state index in [1.807, 2.05) is 0 Å². The van der Waals surface area contributed by atoms with Crippen LogP contribution in [-0.4, -0.2) is 25.6 Å². The van der Waals surface area contributed by atoms with Crippen molar-refractivity contribution in [2.45, 2.75) is 31.3 Å². The van der Waals surface area contributed by atoms with Crippen LogP contribution in [-0.2, 0) is 0 Å². The Morgan fingerprint density at radius 3 is 3.31 bits per heavy atom. The molecule has 0 saturated heterocycles. The van der Waals surface area contributed by atoms with Crippen molar-refractivity contribution in [2.75, 3.05) is 5.32 Å². The van der Waals surface area contributed by atoms with Crippen LogP contribution in [0.1, 0.15) is 25.3 Å². The van der Waals surface area contributed by atoms with Gasteiger partial charge in [0.05, 0.1) is 12.4 Å². The van der Waals surface area contributed by atoms with E-state index in [1.54, 1.807) is 6.33 Å². The van der Waals surface area contributed by atoms with Gasteiger partial charge in [0.15, 0.2) is 11.2 Å². The summed E-state index contributed by atoms with van der Waals surface area (Å²) in [5, 5.41) is 3.32. The van der Waals surface area contributed by atoms with Gasteiger partial charge in [-0.3, -0.25) is 9.36 Å². The van der Waals surface area contributed by atoms with Crippen LogP contribution < -0.4 is 10.9 Å². The summed E-state index contributed by atoms with van der Waals surface area (Å²) in [6, 6.07) is 0.836. The van der Waals surface area contributed by atoms with E-state index >= 15 is 0 Å². The Morgan fingerprint density at radius 1 is 1.44 bits per heavy atom. The normalized spacial score (nSPS) is 26.8. The van der Waals surface area contributed by atoms with Crippen LogP contribution in [0.2, 0.25) is 0 Å². The fourth-order valence-electron chi connectivity index (χ4n) is 2.93. The Bertz CT molecular complexity index is 628. The fraction of sp³-hybridized carbons (Fsp3) is 0.500. The van der Waals surface area contributed by atoms with E-state index in [9.17, 15) is 4.79 Å². The van der Waals surface area contributed by atoms with Gasteiger partial charge in [-0.2, -0.15) is 4.98 Å². The minimum absolute atomic E-state index is 0.230. The van der Waals surface area contributed by atoms with Crippen molar-refractivity contribution in [1.82, 2.24) is 19.5 Å². The molecule has 2 unspecified atom stereocenters. The summed E-state index contributed by atoms with van der Waals surface area (Å²) in [5.74, 6) is 0.680. The van der Waals surface area contributed by atoms with Gasteiger partial charge in [-0.25, -0.2) is 4.98 Å². The fourth-order valence-corrected chi connectivity index (χ4v) is 2.93. The van der Waals surface area contributed by atoms with E-state index < -0.39 is 0 Å². The minimum Gasteiger partial charge on any atom is -0.351 e. The zero-order valence-electron chi connectivity index (χ0n) is 8.60. The lowest BCUT2D eigenvalue weighted by atomic mass is 10.2. The third-order valence-electron chi connectivity index (χ3n) is 3.62. The molecule has 6 heteroatoms. The van der Waals surface area contributed by atoms with Crippen LogP contribution in [0.4, 0.5) is 5.95 Å². The molecule has 1 fully saturated rings. The number of hydrogen-bond acceptors (Lipinski definition) is 4. The van der Waals surface area contributed by atoms with Crippen LogP contribution in [0.5, 0.6) is 0 Å². The van der Waals surface area contributed by atoms with Crippen molar-refractivity contribution >= 4 is 17.1 Å². The molecule has 1 aliphatic heterocycles. The second kappa shape index (κ2) is 2.63. The predicted octanol–water partition coefficient (Wildman–Crippen LogP) is 0.639. The molecule has 1 aliphatic carbocycles. The van der Waals surface area contributed by atoms with Gasteiger partial charge in [0.1, 0.15) is 0 Å². The van der Waals surface area contributed by atoms with Crippen molar-refractivity contribution in [1.29, 1.82) is 0 Å². The molecular weight excluding hydrogens is 206 g/mol. The van der Waals surface area contributed by atoms with Crippen molar-refractivity contribution in [3.05, 3.63) is 16.7 Å². The van der Waals surface area contributed by atoms with Gasteiger partial charge >= 0.3 is 5.56 Å². The summed E-state index contributed by atoms with van der Waals surface area (Å²) in [4.78, 5) is 22.8. The van der Waals surface area contributed by atoms with E-state index in [1.165, 1.54) is 6.42 Å². The monoisotopic (exact) mass is 217 g/mol. The van der Waals surface area contributed by atoms with Crippen LogP contribution in [0, 0.1) is 0 Å². The maximum absolute atomic E-state index is 11.7. The van der Waals surface area contributed by atoms with Crippen LogP contribution in [0.25, 0.3) is 11.2 Å². The van der Waals surface area contributed by atoms with Crippen molar-refractivity contribution in [2.24, 2.45) is 0 Å². The van der Waals surface area contributed by atoms with Crippen LogP contribution >= 0.6 is 0 Å². The zero-order chi connectivity index (χ0) is 10.7. The Morgan fingerprint density at radius 2 is 2.38 bits per heavy atom. The molecular formula is C10H11N5O. The Kier molecular flexibility index (Phi) is 1.37. The van der Waals surface area contributed by atoms with Gasteiger partial charge in [-0.15, -0.1) is 0 Å². The molecule has 0 radical (unpaired) electrons. The topological polar surface area (TPSA) is 75.6 Å². The van der Waals surface area contributed by atoms with Crippen molar-refractivity contribution < 1.29 is 0 Å². The van der Waals surface area contributed by atoms with E-state index in [4.69, 9.17) is 0 Å². The van der Waals surface area contributed by atoms with Crippen LogP contribution in [0.15, 0.2) is 11.1 Å². The van der Waals surface area contributed by atoms with E-state index in [-0.39, 0.29) is 5.56 Å². The number of anilines is 1. The van der Waals surface area contributed by atoms with Gasteiger partial charge < -0.3 is 10.3 Å². The van der Waals surface area contributed by atoms with Crippen LogP contribution in [0.3, 0.4) is 0 Å². The quantitative estimate of drug-likeness (QED) is 0.679. The van der Waals surface area contributed by atoms with Gasteiger partial charge in [0.25, 0.3) is 0 Å². The molecule has 2 atom stereocenters. The smallest absolute Gasteiger partial charge is 0.300 e. The third kappa shape index (κ3) is 0.850. The Labute approximate surface area is 90.7 Å². The molecule has 4 rings (SSSR count). The average molecular weight is 217 g/mol. The van der Waals surface area contributed by atoms with E-state index in [2.05, 4.69) is 24.8 Å². The number of aromatic nitrogens is 4. The summed E-state index contributed by atoms with van der Waals surface area (Å²) >= 11 is 0. The second-order valence-electron chi connectivity index (χ2n) is 4.46. The standard InChI is InChI=1S/C10H11N5O/c16-9-7-8(12-4-11-7)15-6-3-1-2-5(6)13-10(15)14-9/h4-6H,1-3H2,(H,11,12)(H,13,14,16). The zero-order valence-corrected chi connectivity index (χ0v) is 8.60. The number of fused-ring (bicyclic) bond motifs is 5. The van der Waals surface area contributed by atoms with Gasteiger partial charge in [-0.05, 0) is 19.3 Å². The lowest BCUT2D eigenvalue weighted by Crippen LogP contribution is -2.15. The maximum atomic E-state index is 11.7. The number of aromatic amines is 1. The molecule has 6 nitrogen and oxygen atoms in total. The highest BCUT2D eigenvalue weighted by molar-refractivity contribution is 5.72. The van der Waals surface area contributed by atoms with Gasteiger partial charge in [-0.1, -0.05) is 0 Å². The molecule has 1 saturated carbocycles. The highest BCUT2D eigenvalue weighted by Crippen LogP contribution is 2.39. The largest absolute Gasteiger partial charge is 0.351 e. The number of imidazole rings is 1. The van der Waals surface area contributed by atoms with Crippen molar-refractivity contribution in [3.8, 4) is 0 Å². The third-order valence-corrected chi connectivity index (χ3v) is 3.62. The summed E-state index contributed by atoms with van der Waals surface area (Å²) in [5.41, 5.74) is 1.02. The lowest BCUT2D eigenvalue weighted by molar-refractivity contribution is 0.543. The number of H-pyrrole nitrogens is 1. The SMILES string of the molecule is O=c1nc2n(c3nc[nH]c13)C1CCCC1N2. The molecule has 2 aromatic heterocycles. The second-order valence-corrected chi connectivity index (χ2v) is 4.46. The number of nitrogens with zero attached hydrogens (tertiary/aromatic N) is 3. The molecule has 0 bridgehead atoms. The molecule has 0 amide bonds. The molecule has 3 heterocycles. The number of hydrogen-bond donors (Lipinski definition) is 2. The molecule has 0 spiro atoms. The first kappa shape index (κ1) is 8.32. The predicted molar refractivity (Wildman–Crippen MR) is 58.4 cm³/mol. The first-order valence-electron chi connectivity index (χ1n) is 5.57. The summed E-state index contributed by atoms with van der Waals surface area (Å²) < 4.78 is 2.07. The minimum atomic E-state index is -0.230. The maximum Gasteiger partial charge on any atom is 0.300 e. The molecule has 2 aromatic rings. The first-order valence-corrected chi connectivity index (χ1v) is 5.57. The highest BCUT2D eigenvalue weighted by Gasteiger charge is 2.37. The first-order chi connectivity index (χ1) is 7.84. The Hall–Kier alpha value is -1.85. The molecule has 0 aromatic carbocycles. The average Bonchev–Trinajstić information content (AvgIpc) is 2.87. The lowest BCUT2D eigenvalue weighted by Gasteiger charge is -2.11. The highest BCUT2D eigenvalue weighted by atomic mass is 16.1. The molecule has 2 N–H and O–H groups in total. The van der Waals surface area contributed by atoms with E-state index in [0.29, 0.717) is 23.5 Å². The Balaban J connectivity index is 2.10. The summed E-state index contributed by atoms with van der Waals surface area (Å²) in [7, 11) is 0. The molecule has 2 aliphatic rings. The van der Waals surface area contributed by atoms with Gasteiger partial charge in [0, 0.05) is 6.04 Å². The number of rotatable bonds is 0. The van der Waals surface area contributed by atoms with Gasteiger partial charge in [0.2, 0.25) is 5.95 Å². The summed E-state index contributed by atoms with van der Waals surface area (Å²) in [6.45, 7) is 0. The van der Waals surface area contributed by atoms with E-state index in [0.717, 1.165) is 18.5 Å². The molecule has 82 valence electrons.